The lowest BCUT2D eigenvalue weighted by atomic mass is 10.1. The highest BCUT2D eigenvalue weighted by Crippen LogP contribution is 2.29. The van der Waals surface area contributed by atoms with Crippen LogP contribution < -0.4 is 10.6 Å². The SMILES string of the molecule is CC(NCc1ccc(C(F)(F)F)cc1)C(=O)NC(C)(C)C. The number of carbonyl (C=O) groups excluding carboxylic acids is 1. The van der Waals surface area contributed by atoms with Crippen molar-refractivity contribution in [3.63, 3.8) is 0 Å². The molecule has 0 aliphatic carbocycles. The number of halogens is 3. The number of hydrogen-bond acceptors (Lipinski definition) is 2. The molecule has 0 saturated carbocycles. The van der Waals surface area contributed by atoms with E-state index in [0.29, 0.717) is 12.1 Å². The van der Waals surface area contributed by atoms with Crippen molar-refractivity contribution in [2.75, 3.05) is 0 Å². The molecule has 0 saturated heterocycles. The minimum Gasteiger partial charge on any atom is -0.350 e. The van der Waals surface area contributed by atoms with E-state index in [0.717, 1.165) is 12.1 Å². The zero-order valence-electron chi connectivity index (χ0n) is 12.6. The fourth-order valence-electron chi connectivity index (χ4n) is 1.65. The van der Waals surface area contributed by atoms with Gasteiger partial charge in [0.1, 0.15) is 0 Å². The van der Waals surface area contributed by atoms with Gasteiger partial charge in [-0.1, -0.05) is 12.1 Å². The number of carbonyl (C=O) groups is 1. The average molecular weight is 302 g/mol. The molecule has 1 unspecified atom stereocenters. The first-order valence-electron chi connectivity index (χ1n) is 6.70. The third-order valence-corrected chi connectivity index (χ3v) is 2.79. The van der Waals surface area contributed by atoms with Gasteiger partial charge in [0.05, 0.1) is 11.6 Å². The van der Waals surface area contributed by atoms with Crippen molar-refractivity contribution < 1.29 is 18.0 Å². The van der Waals surface area contributed by atoms with Crippen molar-refractivity contribution in [2.45, 2.75) is 52.0 Å². The fraction of sp³-hybridized carbons (Fsp3) is 0.533. The van der Waals surface area contributed by atoms with E-state index in [1.54, 1.807) is 6.92 Å². The van der Waals surface area contributed by atoms with Gasteiger partial charge in [-0.15, -0.1) is 0 Å². The van der Waals surface area contributed by atoms with Crippen LogP contribution in [-0.4, -0.2) is 17.5 Å². The van der Waals surface area contributed by atoms with Crippen LogP contribution in [0, 0.1) is 0 Å². The molecule has 118 valence electrons. The molecule has 6 heteroatoms. The van der Waals surface area contributed by atoms with Crippen LogP contribution >= 0.6 is 0 Å². The molecule has 0 aliphatic heterocycles. The minimum atomic E-state index is -4.33. The molecular weight excluding hydrogens is 281 g/mol. The Hall–Kier alpha value is -1.56. The maximum Gasteiger partial charge on any atom is 0.416 e. The number of benzene rings is 1. The Bertz CT molecular complexity index is 475. The van der Waals surface area contributed by atoms with Gasteiger partial charge in [-0.2, -0.15) is 13.2 Å². The molecule has 0 aromatic heterocycles. The van der Waals surface area contributed by atoms with Crippen molar-refractivity contribution in [1.29, 1.82) is 0 Å². The molecule has 1 atom stereocenters. The Labute approximate surface area is 122 Å². The number of amides is 1. The van der Waals surface area contributed by atoms with E-state index in [2.05, 4.69) is 10.6 Å². The van der Waals surface area contributed by atoms with Gasteiger partial charge in [0.2, 0.25) is 5.91 Å². The second-order valence-electron chi connectivity index (χ2n) is 6.04. The summed E-state index contributed by atoms with van der Waals surface area (Å²) in [6, 6.07) is 4.47. The van der Waals surface area contributed by atoms with Gasteiger partial charge in [-0.25, -0.2) is 0 Å². The van der Waals surface area contributed by atoms with Gasteiger partial charge < -0.3 is 10.6 Å². The normalized spacial score (nSPS) is 13.9. The summed E-state index contributed by atoms with van der Waals surface area (Å²) in [4.78, 5) is 11.8. The summed E-state index contributed by atoms with van der Waals surface area (Å²) in [5.41, 5.74) is -0.301. The van der Waals surface area contributed by atoms with E-state index in [4.69, 9.17) is 0 Å². The summed E-state index contributed by atoms with van der Waals surface area (Å²) >= 11 is 0. The summed E-state index contributed by atoms with van der Waals surface area (Å²) in [6.07, 6.45) is -4.33. The van der Waals surface area contributed by atoms with Gasteiger partial charge in [0, 0.05) is 12.1 Å². The molecular formula is C15H21F3N2O. The number of hydrogen-bond donors (Lipinski definition) is 2. The van der Waals surface area contributed by atoms with E-state index < -0.39 is 17.8 Å². The molecule has 0 bridgehead atoms. The number of nitrogens with one attached hydrogen (secondary N) is 2. The summed E-state index contributed by atoms with van der Waals surface area (Å²) in [5.74, 6) is -0.144. The first-order valence-corrected chi connectivity index (χ1v) is 6.70. The van der Waals surface area contributed by atoms with Crippen LogP contribution in [0.1, 0.15) is 38.8 Å². The molecule has 0 aliphatic rings. The largest absolute Gasteiger partial charge is 0.416 e. The van der Waals surface area contributed by atoms with Gasteiger partial charge in [-0.3, -0.25) is 4.79 Å². The highest BCUT2D eigenvalue weighted by Gasteiger charge is 2.29. The lowest BCUT2D eigenvalue weighted by molar-refractivity contribution is -0.137. The van der Waals surface area contributed by atoms with Crippen LogP contribution in [0.2, 0.25) is 0 Å². The third kappa shape index (κ3) is 6.16. The number of rotatable bonds is 4. The van der Waals surface area contributed by atoms with E-state index >= 15 is 0 Å². The molecule has 2 N–H and O–H groups in total. The summed E-state index contributed by atoms with van der Waals surface area (Å²) in [6.45, 7) is 7.69. The predicted molar refractivity (Wildman–Crippen MR) is 75.6 cm³/mol. The molecule has 0 radical (unpaired) electrons. The standard InChI is InChI=1S/C15H21F3N2O/c1-10(13(21)20-14(2,3)4)19-9-11-5-7-12(8-6-11)15(16,17)18/h5-8,10,19H,9H2,1-4H3,(H,20,21). The molecule has 0 fully saturated rings. The Morgan fingerprint density at radius 3 is 2.10 bits per heavy atom. The topological polar surface area (TPSA) is 41.1 Å². The van der Waals surface area contributed by atoms with Crippen molar-refractivity contribution >= 4 is 5.91 Å². The maximum absolute atomic E-state index is 12.4. The Balaban J connectivity index is 2.54. The molecule has 1 amide bonds. The average Bonchev–Trinajstić information content (AvgIpc) is 2.33. The molecule has 0 heterocycles. The Kier molecular flexibility index (Phi) is 5.39. The number of alkyl halides is 3. The third-order valence-electron chi connectivity index (χ3n) is 2.79. The monoisotopic (exact) mass is 302 g/mol. The summed E-state index contributed by atoms with van der Waals surface area (Å²) < 4.78 is 37.3. The zero-order valence-corrected chi connectivity index (χ0v) is 12.6. The summed E-state index contributed by atoms with van der Waals surface area (Å²) in [7, 11) is 0. The first kappa shape index (κ1) is 17.5. The van der Waals surface area contributed by atoms with E-state index in [-0.39, 0.29) is 11.4 Å². The molecule has 3 nitrogen and oxygen atoms in total. The van der Waals surface area contributed by atoms with Crippen LogP contribution in [0.3, 0.4) is 0 Å². The minimum absolute atomic E-state index is 0.144. The Morgan fingerprint density at radius 1 is 1.14 bits per heavy atom. The fourth-order valence-corrected chi connectivity index (χ4v) is 1.65. The first-order chi connectivity index (χ1) is 9.49. The van der Waals surface area contributed by atoms with Gasteiger partial charge in [-0.05, 0) is 45.4 Å². The van der Waals surface area contributed by atoms with Gasteiger partial charge in [0.25, 0.3) is 0 Å². The smallest absolute Gasteiger partial charge is 0.350 e. The van der Waals surface area contributed by atoms with Gasteiger partial charge in [0.15, 0.2) is 0 Å². The second-order valence-corrected chi connectivity index (χ2v) is 6.04. The van der Waals surface area contributed by atoms with Crippen molar-refractivity contribution in [1.82, 2.24) is 10.6 Å². The molecule has 1 aromatic carbocycles. The van der Waals surface area contributed by atoms with E-state index in [1.165, 1.54) is 12.1 Å². The molecule has 21 heavy (non-hydrogen) atoms. The van der Waals surface area contributed by atoms with Crippen molar-refractivity contribution in [3.05, 3.63) is 35.4 Å². The van der Waals surface area contributed by atoms with Crippen LogP contribution in [-0.2, 0) is 17.5 Å². The highest BCUT2D eigenvalue weighted by atomic mass is 19.4. The van der Waals surface area contributed by atoms with Crippen LogP contribution in [0.5, 0.6) is 0 Å². The highest BCUT2D eigenvalue weighted by molar-refractivity contribution is 5.81. The van der Waals surface area contributed by atoms with Gasteiger partial charge >= 0.3 is 6.18 Å². The lowest BCUT2D eigenvalue weighted by Gasteiger charge is -2.23. The molecule has 1 rings (SSSR count). The predicted octanol–water partition coefficient (Wildman–Crippen LogP) is 3.10. The molecule has 1 aromatic rings. The van der Waals surface area contributed by atoms with Crippen molar-refractivity contribution in [3.8, 4) is 0 Å². The zero-order chi connectivity index (χ0) is 16.3. The van der Waals surface area contributed by atoms with Crippen LogP contribution in [0.15, 0.2) is 24.3 Å². The maximum atomic E-state index is 12.4. The second kappa shape index (κ2) is 6.47. The van der Waals surface area contributed by atoms with Crippen LogP contribution in [0.25, 0.3) is 0 Å². The summed E-state index contributed by atoms with van der Waals surface area (Å²) in [5, 5.41) is 5.82. The quantitative estimate of drug-likeness (QED) is 0.897. The Morgan fingerprint density at radius 2 is 1.67 bits per heavy atom. The van der Waals surface area contributed by atoms with E-state index in [1.807, 2.05) is 20.8 Å². The van der Waals surface area contributed by atoms with Crippen LogP contribution in [0.4, 0.5) is 13.2 Å². The van der Waals surface area contributed by atoms with Crippen molar-refractivity contribution in [2.24, 2.45) is 0 Å². The lowest BCUT2D eigenvalue weighted by Crippen LogP contribution is -2.49. The van der Waals surface area contributed by atoms with E-state index in [9.17, 15) is 18.0 Å². The molecule has 0 spiro atoms.